The van der Waals surface area contributed by atoms with Gasteiger partial charge < -0.3 is 21.5 Å². The van der Waals surface area contributed by atoms with E-state index in [0.717, 1.165) is 49.9 Å². The molecule has 0 radical (unpaired) electrons. The zero-order valence-electron chi connectivity index (χ0n) is 21.5. The number of anilines is 1. The second kappa shape index (κ2) is 9.85. The van der Waals surface area contributed by atoms with Gasteiger partial charge in [0.2, 0.25) is 0 Å². The smallest absolute Gasteiger partial charge is 0.320 e. The summed E-state index contributed by atoms with van der Waals surface area (Å²) in [7, 11) is 0. The Bertz CT molecular complexity index is 1230. The number of primary amides is 1. The monoisotopic (exact) mass is 509 g/mol. The molecule has 0 aromatic carbocycles. The number of hydrogen-bond donors (Lipinski definition) is 3. The van der Waals surface area contributed by atoms with Crippen molar-refractivity contribution in [3.63, 3.8) is 0 Å². The van der Waals surface area contributed by atoms with Crippen LogP contribution >= 0.6 is 0 Å². The molecule has 3 aliphatic rings. The summed E-state index contributed by atoms with van der Waals surface area (Å²) < 4.78 is 7.22. The fraction of sp³-hybridized carbons (Fsp3) is 0.615. The van der Waals surface area contributed by atoms with Gasteiger partial charge in [-0.3, -0.25) is 14.4 Å². The number of rotatable bonds is 8. The Hall–Kier alpha value is -3.34. The first-order chi connectivity index (χ1) is 17.6. The minimum atomic E-state index is -0.673. The first-order valence-corrected chi connectivity index (χ1v) is 13.1. The molecule has 2 saturated carbocycles. The Morgan fingerprint density at radius 3 is 2.65 bits per heavy atom. The van der Waals surface area contributed by atoms with Crippen LogP contribution in [0.3, 0.4) is 0 Å². The highest BCUT2D eigenvalue weighted by Crippen LogP contribution is 2.40. The molecule has 5 N–H and O–H groups in total. The van der Waals surface area contributed by atoms with Crippen LogP contribution in [0, 0.1) is 11.3 Å². The first kappa shape index (κ1) is 25.3. The molecule has 0 aliphatic heterocycles. The van der Waals surface area contributed by atoms with Crippen molar-refractivity contribution in [1.82, 2.24) is 19.7 Å². The standard InChI is InChI=1S/C26H35N7O4/c1-26(2)10-18-22(19(34)11-26)17(9-14-7-8-14)32-33(18)25-29-13-15(23(28)36)24(31-25)30-16-5-3-4-6-20(16)37-21(35)12-27/h13-14,16,20H,3-12,27H2,1-2H3,(H2,28,36)(H,29,30,31). The maximum absolute atomic E-state index is 13.2. The van der Waals surface area contributed by atoms with Gasteiger partial charge in [0.1, 0.15) is 11.9 Å². The summed E-state index contributed by atoms with van der Waals surface area (Å²) in [6.45, 7) is 3.94. The predicted octanol–water partition coefficient (Wildman–Crippen LogP) is 2.09. The molecular formula is C26H35N7O4. The number of carbonyl (C=O) groups excluding carboxylic acids is 3. The lowest BCUT2D eigenvalue weighted by atomic mass is 9.75. The minimum absolute atomic E-state index is 0.104. The predicted molar refractivity (Wildman–Crippen MR) is 135 cm³/mol. The van der Waals surface area contributed by atoms with Crippen LogP contribution in [0.25, 0.3) is 5.95 Å². The molecule has 2 aromatic rings. The highest BCUT2D eigenvalue weighted by molar-refractivity contribution is 6.00. The highest BCUT2D eigenvalue weighted by Gasteiger charge is 2.38. The van der Waals surface area contributed by atoms with Gasteiger partial charge in [-0.05, 0) is 56.3 Å². The summed E-state index contributed by atoms with van der Waals surface area (Å²) in [5, 5.41) is 8.13. The Labute approximate surface area is 215 Å². The average molecular weight is 510 g/mol. The number of esters is 1. The van der Waals surface area contributed by atoms with Crippen molar-refractivity contribution in [1.29, 1.82) is 0 Å². The molecule has 3 aliphatic carbocycles. The number of nitrogens with one attached hydrogen (secondary N) is 1. The number of amides is 1. The number of Topliss-reactive ketones (excluding diaryl/α,β-unsaturated/α-hetero) is 1. The molecule has 2 unspecified atom stereocenters. The zero-order chi connectivity index (χ0) is 26.3. The number of carbonyl (C=O) groups is 3. The van der Waals surface area contributed by atoms with E-state index in [-0.39, 0.29) is 41.1 Å². The van der Waals surface area contributed by atoms with Crippen molar-refractivity contribution in [2.24, 2.45) is 22.8 Å². The van der Waals surface area contributed by atoms with Crippen LogP contribution in [0.4, 0.5) is 5.82 Å². The van der Waals surface area contributed by atoms with Crippen molar-refractivity contribution >= 4 is 23.5 Å². The number of hydrogen-bond acceptors (Lipinski definition) is 9. The molecule has 5 rings (SSSR count). The van der Waals surface area contributed by atoms with Crippen molar-refractivity contribution in [3.05, 3.63) is 28.7 Å². The first-order valence-electron chi connectivity index (χ1n) is 13.1. The van der Waals surface area contributed by atoms with Gasteiger partial charge in [-0.2, -0.15) is 10.1 Å². The minimum Gasteiger partial charge on any atom is -0.459 e. The molecule has 0 spiro atoms. The molecule has 37 heavy (non-hydrogen) atoms. The van der Waals surface area contributed by atoms with Crippen LogP contribution in [0.15, 0.2) is 6.20 Å². The van der Waals surface area contributed by atoms with E-state index in [1.54, 1.807) is 4.68 Å². The average Bonchev–Trinajstić information content (AvgIpc) is 3.59. The van der Waals surface area contributed by atoms with Gasteiger partial charge >= 0.3 is 5.97 Å². The maximum atomic E-state index is 13.2. The van der Waals surface area contributed by atoms with Crippen LogP contribution in [-0.4, -0.2) is 56.1 Å². The molecule has 198 valence electrons. The molecule has 11 heteroatoms. The molecule has 11 nitrogen and oxygen atoms in total. The summed E-state index contributed by atoms with van der Waals surface area (Å²) in [6, 6.07) is -0.262. The quantitative estimate of drug-likeness (QED) is 0.451. The van der Waals surface area contributed by atoms with Crippen LogP contribution < -0.4 is 16.8 Å². The largest absolute Gasteiger partial charge is 0.459 e. The third-order valence-electron chi connectivity index (χ3n) is 7.50. The summed E-state index contributed by atoms with van der Waals surface area (Å²) >= 11 is 0. The molecule has 2 fully saturated rings. The van der Waals surface area contributed by atoms with E-state index in [1.807, 2.05) is 0 Å². The summed E-state index contributed by atoms with van der Waals surface area (Å²) in [6.07, 6.45) is 8.46. The second-order valence-corrected chi connectivity index (χ2v) is 11.3. The molecule has 0 saturated heterocycles. The number of aromatic nitrogens is 4. The van der Waals surface area contributed by atoms with Crippen molar-refractivity contribution < 1.29 is 19.1 Å². The van der Waals surface area contributed by atoms with E-state index in [2.05, 4.69) is 29.1 Å². The van der Waals surface area contributed by atoms with E-state index in [4.69, 9.17) is 21.3 Å². The third-order valence-corrected chi connectivity index (χ3v) is 7.50. The van der Waals surface area contributed by atoms with E-state index in [1.165, 1.54) is 6.20 Å². The molecular weight excluding hydrogens is 474 g/mol. The molecule has 2 heterocycles. The summed E-state index contributed by atoms with van der Waals surface area (Å²) in [5.41, 5.74) is 13.3. The highest BCUT2D eigenvalue weighted by atomic mass is 16.5. The topological polar surface area (TPSA) is 168 Å². The maximum Gasteiger partial charge on any atom is 0.320 e. The normalized spacial score (nSPS) is 22.8. The fourth-order valence-electron chi connectivity index (χ4n) is 5.49. The summed E-state index contributed by atoms with van der Waals surface area (Å²) in [4.78, 5) is 46.4. The SMILES string of the molecule is CC1(C)CC(=O)c2c(CC3CC3)nn(-c3ncc(C(N)=O)c(NC4CCCCC4OC(=O)CN)n3)c2C1. The molecule has 2 atom stereocenters. The van der Waals surface area contributed by atoms with E-state index in [9.17, 15) is 14.4 Å². The lowest BCUT2D eigenvalue weighted by Crippen LogP contribution is -2.41. The number of ether oxygens (including phenoxy) is 1. The Morgan fingerprint density at radius 2 is 1.95 bits per heavy atom. The molecule has 1 amide bonds. The molecule has 0 bridgehead atoms. The lowest BCUT2D eigenvalue weighted by molar-refractivity contribution is -0.149. The Kier molecular flexibility index (Phi) is 6.74. The number of ketones is 1. The van der Waals surface area contributed by atoms with Crippen LogP contribution in [0.5, 0.6) is 0 Å². The molecule has 2 aromatic heterocycles. The van der Waals surface area contributed by atoms with E-state index < -0.39 is 18.0 Å². The van der Waals surface area contributed by atoms with Crippen LogP contribution in [0.1, 0.15) is 90.9 Å². The van der Waals surface area contributed by atoms with Crippen molar-refractivity contribution in [2.45, 2.75) is 83.8 Å². The van der Waals surface area contributed by atoms with Gasteiger partial charge in [-0.25, -0.2) is 9.67 Å². The van der Waals surface area contributed by atoms with Crippen LogP contribution in [0.2, 0.25) is 0 Å². The van der Waals surface area contributed by atoms with E-state index >= 15 is 0 Å². The van der Waals surface area contributed by atoms with Gasteiger partial charge in [-0.1, -0.05) is 20.3 Å². The number of nitrogens with zero attached hydrogens (tertiary/aromatic N) is 4. The van der Waals surface area contributed by atoms with Gasteiger partial charge in [0.25, 0.3) is 11.9 Å². The van der Waals surface area contributed by atoms with Gasteiger partial charge in [-0.15, -0.1) is 0 Å². The summed E-state index contributed by atoms with van der Waals surface area (Å²) in [5.74, 6) is 0.0386. The van der Waals surface area contributed by atoms with Gasteiger partial charge in [0.05, 0.1) is 35.1 Å². The Morgan fingerprint density at radius 1 is 1.19 bits per heavy atom. The van der Waals surface area contributed by atoms with Crippen molar-refractivity contribution in [3.8, 4) is 5.95 Å². The Balaban J connectivity index is 1.53. The second-order valence-electron chi connectivity index (χ2n) is 11.3. The van der Waals surface area contributed by atoms with Gasteiger partial charge in [0, 0.05) is 12.6 Å². The number of fused-ring (bicyclic) bond motifs is 1. The lowest BCUT2D eigenvalue weighted by Gasteiger charge is -2.32. The van der Waals surface area contributed by atoms with Crippen molar-refractivity contribution in [2.75, 3.05) is 11.9 Å². The van der Waals surface area contributed by atoms with E-state index in [0.29, 0.717) is 30.7 Å². The van der Waals surface area contributed by atoms with Gasteiger partial charge in [0.15, 0.2) is 5.78 Å². The zero-order valence-corrected chi connectivity index (χ0v) is 21.5. The fourth-order valence-corrected chi connectivity index (χ4v) is 5.49. The third kappa shape index (κ3) is 5.36. The number of nitrogens with two attached hydrogens (primary N) is 2. The van der Waals surface area contributed by atoms with Crippen LogP contribution in [-0.2, 0) is 22.4 Å².